The molecule has 3 N–H and O–H groups in total. The highest BCUT2D eigenvalue weighted by Gasteiger charge is 2.02. The number of hydrogen-bond donors (Lipinski definition) is 2. The topological polar surface area (TPSA) is 49.5 Å². The van der Waals surface area contributed by atoms with Gasteiger partial charge in [-0.15, -0.1) is 0 Å². The van der Waals surface area contributed by atoms with Crippen LogP contribution in [0.1, 0.15) is 20.3 Å². The van der Waals surface area contributed by atoms with Gasteiger partial charge in [-0.3, -0.25) is 0 Å². The van der Waals surface area contributed by atoms with Gasteiger partial charge >= 0.3 is 0 Å². The molecule has 3 nitrogen and oxygen atoms in total. The molecule has 0 aromatic heterocycles. The van der Waals surface area contributed by atoms with E-state index in [1.807, 2.05) is 11.8 Å². The van der Waals surface area contributed by atoms with Crippen LogP contribution in [0, 0.1) is 0 Å². The molecular formula is C10H24N2OS. The molecule has 14 heavy (non-hydrogen) atoms. The maximum atomic E-state index is 8.66. The molecule has 0 spiro atoms. The number of nitrogens with two attached hydrogens (primary N) is 1. The Morgan fingerprint density at radius 2 is 2.00 bits per heavy atom. The van der Waals surface area contributed by atoms with Crippen molar-refractivity contribution in [3.8, 4) is 0 Å². The minimum Gasteiger partial charge on any atom is -0.396 e. The van der Waals surface area contributed by atoms with Crippen LogP contribution < -0.4 is 5.73 Å². The Balaban J connectivity index is 3.27. The van der Waals surface area contributed by atoms with E-state index in [0.717, 1.165) is 37.6 Å². The molecule has 0 aromatic carbocycles. The van der Waals surface area contributed by atoms with E-state index in [2.05, 4.69) is 18.7 Å². The Kier molecular flexibility index (Phi) is 9.93. The molecule has 86 valence electrons. The Labute approximate surface area is 92.0 Å². The van der Waals surface area contributed by atoms with E-state index in [9.17, 15) is 0 Å². The van der Waals surface area contributed by atoms with Gasteiger partial charge in [0.25, 0.3) is 0 Å². The lowest BCUT2D eigenvalue weighted by molar-refractivity contribution is 0.279. The largest absolute Gasteiger partial charge is 0.396 e. The smallest absolute Gasteiger partial charge is 0.0446 e. The third-order valence-corrected chi connectivity index (χ3v) is 3.41. The predicted octanol–water partition coefficient (Wildman–Crippen LogP) is 0.771. The first-order valence-corrected chi connectivity index (χ1v) is 6.56. The molecule has 1 atom stereocenters. The molecule has 0 heterocycles. The number of aliphatic hydroxyl groups excluding tert-OH is 1. The van der Waals surface area contributed by atoms with Crippen molar-refractivity contribution in [2.75, 3.05) is 37.7 Å². The van der Waals surface area contributed by atoms with Gasteiger partial charge < -0.3 is 15.7 Å². The van der Waals surface area contributed by atoms with Gasteiger partial charge in [-0.1, -0.05) is 13.8 Å². The first-order valence-electron chi connectivity index (χ1n) is 5.41. The second kappa shape index (κ2) is 9.77. The van der Waals surface area contributed by atoms with Gasteiger partial charge in [-0.25, -0.2) is 0 Å². The Morgan fingerprint density at radius 1 is 1.36 bits per heavy atom. The third kappa shape index (κ3) is 7.62. The number of aliphatic hydroxyl groups is 1. The number of thioether (sulfide) groups is 1. The van der Waals surface area contributed by atoms with Crippen molar-refractivity contribution in [3.05, 3.63) is 0 Å². The van der Waals surface area contributed by atoms with Crippen molar-refractivity contribution >= 4 is 11.8 Å². The highest BCUT2D eigenvalue weighted by molar-refractivity contribution is 7.99. The van der Waals surface area contributed by atoms with Crippen molar-refractivity contribution in [3.63, 3.8) is 0 Å². The summed E-state index contributed by atoms with van der Waals surface area (Å²) in [5, 5.41) is 8.66. The average Bonchev–Trinajstić information content (AvgIpc) is 2.19. The summed E-state index contributed by atoms with van der Waals surface area (Å²) in [6.07, 6.45) is 0.721. The summed E-state index contributed by atoms with van der Waals surface area (Å²) in [6.45, 7) is 7.97. The maximum Gasteiger partial charge on any atom is 0.0446 e. The molecule has 0 aliphatic carbocycles. The van der Waals surface area contributed by atoms with Crippen LogP contribution in [-0.2, 0) is 0 Å². The van der Waals surface area contributed by atoms with Gasteiger partial charge in [0.2, 0.25) is 0 Å². The molecule has 1 unspecified atom stereocenters. The van der Waals surface area contributed by atoms with Crippen molar-refractivity contribution in [1.82, 2.24) is 4.90 Å². The Hall–Kier alpha value is 0.230. The fraction of sp³-hybridized carbons (Fsp3) is 1.00. The van der Waals surface area contributed by atoms with Crippen molar-refractivity contribution < 1.29 is 5.11 Å². The number of rotatable bonds is 9. The van der Waals surface area contributed by atoms with Crippen LogP contribution in [-0.4, -0.2) is 53.8 Å². The average molecular weight is 220 g/mol. The molecule has 0 bridgehead atoms. The Morgan fingerprint density at radius 3 is 2.50 bits per heavy atom. The molecule has 0 aliphatic heterocycles. The van der Waals surface area contributed by atoms with E-state index >= 15 is 0 Å². The van der Waals surface area contributed by atoms with E-state index in [1.54, 1.807) is 0 Å². The molecule has 0 amide bonds. The predicted molar refractivity (Wildman–Crippen MR) is 64.8 cm³/mol. The van der Waals surface area contributed by atoms with E-state index in [1.165, 1.54) is 0 Å². The quantitative estimate of drug-likeness (QED) is 0.564. The third-order valence-electron chi connectivity index (χ3n) is 2.28. The maximum absolute atomic E-state index is 8.66. The fourth-order valence-corrected chi connectivity index (χ4v) is 2.24. The van der Waals surface area contributed by atoms with Crippen molar-refractivity contribution in [1.29, 1.82) is 0 Å². The summed E-state index contributed by atoms with van der Waals surface area (Å²) in [6, 6.07) is 0.154. The van der Waals surface area contributed by atoms with Crippen molar-refractivity contribution in [2.45, 2.75) is 26.3 Å². The highest BCUT2D eigenvalue weighted by Crippen LogP contribution is 2.04. The zero-order valence-corrected chi connectivity index (χ0v) is 10.2. The van der Waals surface area contributed by atoms with E-state index in [-0.39, 0.29) is 12.6 Å². The standard InChI is InChI=1S/C10H24N2OS/c1-3-12(4-2)6-8-14-9-10(11)5-7-13/h10,13H,3-9,11H2,1-2H3. The minimum absolute atomic E-state index is 0.154. The minimum atomic E-state index is 0.154. The van der Waals surface area contributed by atoms with Crippen LogP contribution in [0.5, 0.6) is 0 Å². The second-order valence-corrected chi connectivity index (χ2v) is 4.52. The molecular weight excluding hydrogens is 196 g/mol. The first-order chi connectivity index (χ1) is 6.74. The molecule has 4 heteroatoms. The van der Waals surface area contributed by atoms with Crippen LogP contribution in [0.4, 0.5) is 0 Å². The van der Waals surface area contributed by atoms with E-state index in [4.69, 9.17) is 10.8 Å². The lowest BCUT2D eigenvalue weighted by atomic mass is 10.3. The van der Waals surface area contributed by atoms with E-state index in [0.29, 0.717) is 0 Å². The lowest BCUT2D eigenvalue weighted by Gasteiger charge is -2.18. The van der Waals surface area contributed by atoms with Gasteiger partial charge in [0.05, 0.1) is 0 Å². The summed E-state index contributed by atoms with van der Waals surface area (Å²) in [4.78, 5) is 2.41. The summed E-state index contributed by atoms with van der Waals surface area (Å²) in [7, 11) is 0. The summed E-state index contributed by atoms with van der Waals surface area (Å²) in [5.41, 5.74) is 5.77. The normalized spacial score (nSPS) is 13.5. The molecule has 0 radical (unpaired) electrons. The molecule has 0 fully saturated rings. The SMILES string of the molecule is CCN(CC)CCSCC(N)CCO. The van der Waals surface area contributed by atoms with Gasteiger partial charge in [-0.05, 0) is 19.5 Å². The zero-order chi connectivity index (χ0) is 10.8. The van der Waals surface area contributed by atoms with Gasteiger partial charge in [0.1, 0.15) is 0 Å². The fourth-order valence-electron chi connectivity index (χ4n) is 1.22. The van der Waals surface area contributed by atoms with Crippen LogP contribution in [0.25, 0.3) is 0 Å². The molecule has 0 rings (SSSR count). The summed E-state index contributed by atoms with van der Waals surface area (Å²) >= 11 is 1.88. The second-order valence-electron chi connectivity index (χ2n) is 3.37. The van der Waals surface area contributed by atoms with Crippen LogP contribution in [0.15, 0.2) is 0 Å². The number of hydrogen-bond acceptors (Lipinski definition) is 4. The van der Waals surface area contributed by atoms with Crippen LogP contribution in [0.2, 0.25) is 0 Å². The van der Waals surface area contributed by atoms with Crippen LogP contribution in [0.3, 0.4) is 0 Å². The Bertz CT molecular complexity index is 121. The molecule has 0 saturated carbocycles. The van der Waals surface area contributed by atoms with Gasteiger partial charge in [0, 0.05) is 30.7 Å². The highest BCUT2D eigenvalue weighted by atomic mass is 32.2. The zero-order valence-electron chi connectivity index (χ0n) is 9.41. The first kappa shape index (κ1) is 14.2. The number of nitrogens with zero attached hydrogens (tertiary/aromatic N) is 1. The lowest BCUT2D eigenvalue weighted by Crippen LogP contribution is -2.27. The molecule has 0 aliphatic rings. The molecule has 0 saturated heterocycles. The van der Waals surface area contributed by atoms with Gasteiger partial charge in [-0.2, -0.15) is 11.8 Å². The van der Waals surface area contributed by atoms with Gasteiger partial charge in [0.15, 0.2) is 0 Å². The monoisotopic (exact) mass is 220 g/mol. The summed E-state index contributed by atoms with van der Waals surface area (Å²) < 4.78 is 0. The summed E-state index contributed by atoms with van der Waals surface area (Å²) in [5.74, 6) is 2.10. The van der Waals surface area contributed by atoms with E-state index < -0.39 is 0 Å². The van der Waals surface area contributed by atoms with Crippen LogP contribution >= 0.6 is 11.8 Å². The van der Waals surface area contributed by atoms with Crippen molar-refractivity contribution in [2.24, 2.45) is 5.73 Å². The molecule has 0 aromatic rings.